The largest absolute Gasteiger partial charge is 0.528 e. The molecule has 0 spiro atoms. The van der Waals surface area contributed by atoms with E-state index >= 15 is 0 Å². The molecule has 1 aliphatic rings. The predicted octanol–water partition coefficient (Wildman–Crippen LogP) is 5.75. The van der Waals surface area contributed by atoms with Crippen molar-refractivity contribution in [2.24, 2.45) is 0 Å². The van der Waals surface area contributed by atoms with Gasteiger partial charge in [0.15, 0.2) is 0 Å². The first kappa shape index (κ1) is 27.6. The molecule has 9 heteroatoms. The number of piperidine rings is 1. The van der Waals surface area contributed by atoms with Gasteiger partial charge in [-0.2, -0.15) is 5.10 Å². The molecule has 3 aromatic carbocycles. The van der Waals surface area contributed by atoms with Gasteiger partial charge >= 0.3 is 6.16 Å². The van der Waals surface area contributed by atoms with Crippen LogP contribution in [0, 0.1) is 0 Å². The molecule has 2 heterocycles. The molecule has 2 atom stereocenters. The van der Waals surface area contributed by atoms with E-state index in [9.17, 15) is 4.79 Å². The molecule has 0 amide bonds. The highest BCUT2D eigenvalue weighted by atomic mass is 16.8. The number of carbonyl (C=O) groups excluding carboxylic acids is 1. The van der Waals surface area contributed by atoms with Crippen molar-refractivity contribution in [3.05, 3.63) is 90.5 Å². The lowest BCUT2D eigenvalue weighted by Crippen LogP contribution is -2.45. The lowest BCUT2D eigenvalue weighted by atomic mass is 9.87. The van der Waals surface area contributed by atoms with Crippen LogP contribution in [0.2, 0.25) is 0 Å². The van der Waals surface area contributed by atoms with Crippen LogP contribution in [0.25, 0.3) is 10.8 Å². The minimum Gasteiger partial charge on any atom is -0.492 e. The molecule has 210 valence electrons. The number of benzene rings is 3. The van der Waals surface area contributed by atoms with Crippen LogP contribution in [0.4, 0.5) is 4.79 Å². The van der Waals surface area contributed by atoms with Crippen LogP contribution in [0.15, 0.2) is 79.4 Å². The summed E-state index contributed by atoms with van der Waals surface area (Å²) in [6.07, 6.45) is 3.05. The molecule has 2 unspecified atom stereocenters. The highest BCUT2D eigenvalue weighted by molar-refractivity contribution is 5.82. The Morgan fingerprint density at radius 1 is 1.02 bits per heavy atom. The summed E-state index contributed by atoms with van der Waals surface area (Å²) in [5.41, 5.74) is 1.63. The van der Waals surface area contributed by atoms with Crippen molar-refractivity contribution in [3.63, 3.8) is 0 Å². The molecular weight excluding hydrogens is 508 g/mol. The van der Waals surface area contributed by atoms with Crippen molar-refractivity contribution < 1.29 is 23.8 Å². The second-order valence-corrected chi connectivity index (χ2v) is 10.9. The fourth-order valence-electron chi connectivity index (χ4n) is 4.84. The van der Waals surface area contributed by atoms with Crippen molar-refractivity contribution in [2.45, 2.75) is 58.0 Å². The number of hydrogen-bond donors (Lipinski definition) is 0. The zero-order valence-corrected chi connectivity index (χ0v) is 23.2. The van der Waals surface area contributed by atoms with Gasteiger partial charge in [0, 0.05) is 12.5 Å². The summed E-state index contributed by atoms with van der Waals surface area (Å²) in [6.45, 7) is 8.05. The number of fused-ring (bicyclic) bond motifs is 1. The second kappa shape index (κ2) is 12.5. The minimum atomic E-state index is -0.702. The fraction of sp³-hybridized carbons (Fsp3) is 0.387. The molecule has 1 aliphatic heterocycles. The van der Waals surface area contributed by atoms with Crippen molar-refractivity contribution in [1.82, 2.24) is 19.8 Å². The monoisotopic (exact) mass is 544 g/mol. The van der Waals surface area contributed by atoms with Crippen molar-refractivity contribution in [2.75, 3.05) is 19.7 Å². The summed E-state index contributed by atoms with van der Waals surface area (Å²) in [5, 5.41) is 8.12. The van der Waals surface area contributed by atoms with Crippen LogP contribution in [0.3, 0.4) is 0 Å². The van der Waals surface area contributed by atoms with Gasteiger partial charge in [-0.1, -0.05) is 48.5 Å². The number of aromatic nitrogens is 3. The number of nitrogens with zero attached hydrogens (tertiary/aromatic N) is 4. The smallest absolute Gasteiger partial charge is 0.492 e. The van der Waals surface area contributed by atoms with E-state index in [0.717, 1.165) is 23.3 Å². The Kier molecular flexibility index (Phi) is 8.62. The molecule has 1 fully saturated rings. The van der Waals surface area contributed by atoms with Gasteiger partial charge in [-0.05, 0) is 67.3 Å². The lowest BCUT2D eigenvalue weighted by Gasteiger charge is -2.37. The van der Waals surface area contributed by atoms with E-state index in [1.54, 1.807) is 16.1 Å². The summed E-state index contributed by atoms with van der Waals surface area (Å²) in [7, 11) is 0. The Hall–Kier alpha value is -3.95. The molecule has 0 N–H and O–H groups in total. The van der Waals surface area contributed by atoms with E-state index in [2.05, 4.69) is 52.5 Å². The third-order valence-electron chi connectivity index (χ3n) is 6.76. The Balaban J connectivity index is 1.25. The second-order valence-electron chi connectivity index (χ2n) is 10.9. The van der Waals surface area contributed by atoms with Crippen molar-refractivity contribution in [3.8, 4) is 5.75 Å². The first-order chi connectivity index (χ1) is 19.3. The molecule has 0 radical (unpaired) electrons. The Morgan fingerprint density at radius 2 is 1.82 bits per heavy atom. The Labute approximate surface area is 234 Å². The van der Waals surface area contributed by atoms with Gasteiger partial charge in [0.25, 0.3) is 0 Å². The fourth-order valence-corrected chi connectivity index (χ4v) is 4.84. The molecule has 40 heavy (non-hydrogen) atoms. The van der Waals surface area contributed by atoms with Crippen LogP contribution in [-0.2, 0) is 27.5 Å². The van der Waals surface area contributed by atoms with Gasteiger partial charge < -0.3 is 19.0 Å². The lowest BCUT2D eigenvalue weighted by molar-refractivity contribution is -0.179. The van der Waals surface area contributed by atoms with Gasteiger partial charge in [0.05, 0.1) is 25.8 Å². The first-order valence-corrected chi connectivity index (χ1v) is 13.6. The van der Waals surface area contributed by atoms with E-state index in [-0.39, 0.29) is 12.0 Å². The highest BCUT2D eigenvalue weighted by Gasteiger charge is 2.34. The van der Waals surface area contributed by atoms with E-state index < -0.39 is 11.8 Å². The third kappa shape index (κ3) is 7.58. The Bertz CT molecular complexity index is 1390. The normalized spacial score (nSPS) is 18.0. The highest BCUT2D eigenvalue weighted by Crippen LogP contribution is 2.33. The predicted molar refractivity (Wildman–Crippen MR) is 151 cm³/mol. The van der Waals surface area contributed by atoms with Crippen LogP contribution in [-0.4, -0.2) is 57.4 Å². The zero-order chi connectivity index (χ0) is 28.0. The summed E-state index contributed by atoms with van der Waals surface area (Å²) in [5.74, 6) is 0.923. The number of hydrogen-bond acceptors (Lipinski definition) is 8. The van der Waals surface area contributed by atoms with Gasteiger partial charge in [0.1, 0.15) is 30.6 Å². The van der Waals surface area contributed by atoms with Gasteiger partial charge in [-0.25, -0.2) is 14.5 Å². The quantitative estimate of drug-likeness (QED) is 0.246. The van der Waals surface area contributed by atoms with Crippen LogP contribution >= 0.6 is 0 Å². The molecular formula is C31H36N4O5. The van der Waals surface area contributed by atoms with E-state index in [0.29, 0.717) is 32.8 Å². The van der Waals surface area contributed by atoms with Crippen LogP contribution in [0.1, 0.15) is 44.2 Å². The van der Waals surface area contributed by atoms with E-state index in [1.807, 2.05) is 45.0 Å². The average molecular weight is 545 g/mol. The zero-order valence-electron chi connectivity index (χ0n) is 23.2. The summed E-state index contributed by atoms with van der Waals surface area (Å²) in [4.78, 5) is 21.8. The maximum Gasteiger partial charge on any atom is 0.528 e. The molecule has 5 rings (SSSR count). The van der Waals surface area contributed by atoms with Crippen LogP contribution < -0.4 is 4.74 Å². The molecule has 1 aromatic heterocycles. The van der Waals surface area contributed by atoms with E-state index in [4.69, 9.17) is 19.0 Å². The minimum absolute atomic E-state index is 0.128. The molecule has 9 nitrogen and oxygen atoms in total. The number of hydroxylamine groups is 2. The van der Waals surface area contributed by atoms with Crippen molar-refractivity contribution in [1.29, 1.82) is 0 Å². The molecule has 1 saturated heterocycles. The van der Waals surface area contributed by atoms with Gasteiger partial charge in [-0.15, -0.1) is 5.06 Å². The van der Waals surface area contributed by atoms with Crippen molar-refractivity contribution >= 4 is 16.9 Å². The molecule has 4 aromatic rings. The molecule has 0 bridgehead atoms. The maximum atomic E-state index is 12.3. The number of rotatable bonds is 9. The molecule has 0 saturated carbocycles. The SMILES string of the molecule is CC(C)(C)OC(=O)ON1CCC(c2ccc(OCCn3cncn3)cc2)C(OCc2ccc3ccccc3c2)C1. The standard InChI is InChI=1S/C31H36N4O5/c1-31(2,3)39-30(36)40-35-15-14-28(25-10-12-27(13-11-25)37-17-16-34-22-32-21-33-34)29(19-35)38-20-23-8-9-24-6-4-5-7-26(24)18-23/h4-13,18,21-22,28-29H,14-17,19-20H2,1-3H3. The average Bonchev–Trinajstić information content (AvgIpc) is 3.45. The first-order valence-electron chi connectivity index (χ1n) is 13.6. The summed E-state index contributed by atoms with van der Waals surface area (Å²) >= 11 is 0. The number of ether oxygens (including phenoxy) is 3. The summed E-state index contributed by atoms with van der Waals surface area (Å²) < 4.78 is 19.5. The van der Waals surface area contributed by atoms with Gasteiger partial charge in [0.2, 0.25) is 0 Å². The van der Waals surface area contributed by atoms with Crippen LogP contribution in [0.5, 0.6) is 5.75 Å². The summed E-state index contributed by atoms with van der Waals surface area (Å²) in [6, 6.07) is 22.8. The maximum absolute atomic E-state index is 12.3. The topological polar surface area (TPSA) is 87.9 Å². The number of carbonyl (C=O) groups is 1. The van der Waals surface area contributed by atoms with Gasteiger partial charge in [-0.3, -0.25) is 0 Å². The molecule has 0 aliphatic carbocycles. The third-order valence-corrected chi connectivity index (χ3v) is 6.76. The van der Waals surface area contributed by atoms with E-state index in [1.165, 1.54) is 17.1 Å². The Morgan fingerprint density at radius 3 is 2.58 bits per heavy atom.